The molecule has 2 heterocycles. The van der Waals surface area contributed by atoms with Crippen molar-refractivity contribution in [3.05, 3.63) is 65.6 Å². The van der Waals surface area contributed by atoms with Crippen molar-refractivity contribution in [2.24, 2.45) is 0 Å². The molecule has 114 valence electrons. The zero-order valence-electron chi connectivity index (χ0n) is 12.9. The molecule has 1 amide bonds. The highest BCUT2D eigenvalue weighted by atomic mass is 16.3. The summed E-state index contributed by atoms with van der Waals surface area (Å²) in [4.78, 5) is 14.7. The number of furan rings is 1. The number of benzene rings is 1. The molecule has 3 heteroatoms. The van der Waals surface area contributed by atoms with Gasteiger partial charge in [0, 0.05) is 24.6 Å². The van der Waals surface area contributed by atoms with Crippen LogP contribution < -0.4 is 0 Å². The molecule has 1 saturated heterocycles. The first-order valence-corrected chi connectivity index (χ1v) is 7.86. The van der Waals surface area contributed by atoms with Crippen molar-refractivity contribution >= 4 is 12.0 Å². The van der Waals surface area contributed by atoms with Crippen LogP contribution in [0, 0.1) is 0 Å². The van der Waals surface area contributed by atoms with Crippen LogP contribution in [0.3, 0.4) is 0 Å². The molecule has 1 unspecified atom stereocenters. The van der Waals surface area contributed by atoms with E-state index in [0.717, 1.165) is 42.8 Å². The van der Waals surface area contributed by atoms with Crippen molar-refractivity contribution in [2.45, 2.75) is 25.7 Å². The van der Waals surface area contributed by atoms with E-state index in [4.69, 9.17) is 4.42 Å². The number of carbonyl (C=O) groups excluding carboxylic acids is 1. The van der Waals surface area contributed by atoms with E-state index in [-0.39, 0.29) is 5.91 Å². The lowest BCUT2D eigenvalue weighted by atomic mass is 10.1. The summed E-state index contributed by atoms with van der Waals surface area (Å²) >= 11 is 0. The summed E-state index contributed by atoms with van der Waals surface area (Å²) in [7, 11) is 0. The summed E-state index contributed by atoms with van der Waals surface area (Å²) in [5.74, 6) is 1.47. The van der Waals surface area contributed by atoms with Crippen LogP contribution in [0.2, 0.25) is 0 Å². The normalized spacial score (nSPS) is 18.7. The van der Waals surface area contributed by atoms with Crippen LogP contribution >= 0.6 is 0 Å². The Kier molecular flexibility index (Phi) is 4.42. The summed E-state index contributed by atoms with van der Waals surface area (Å²) < 4.78 is 5.48. The Labute approximate surface area is 131 Å². The largest absolute Gasteiger partial charge is 0.469 e. The number of nitrogens with zero attached hydrogens (tertiary/aromatic N) is 1. The fourth-order valence-corrected chi connectivity index (χ4v) is 2.97. The van der Waals surface area contributed by atoms with E-state index in [2.05, 4.69) is 0 Å². The van der Waals surface area contributed by atoms with Crippen molar-refractivity contribution in [3.63, 3.8) is 0 Å². The highest BCUT2D eigenvalue weighted by Crippen LogP contribution is 2.28. The Morgan fingerprint density at radius 2 is 2.09 bits per heavy atom. The summed E-state index contributed by atoms with van der Waals surface area (Å²) in [5.41, 5.74) is 1.95. The predicted octanol–water partition coefficient (Wildman–Crippen LogP) is 4.09. The maximum Gasteiger partial charge on any atom is 0.249 e. The lowest BCUT2D eigenvalue weighted by Crippen LogP contribution is -2.29. The van der Waals surface area contributed by atoms with Crippen LogP contribution in [0.1, 0.15) is 37.0 Å². The monoisotopic (exact) mass is 295 g/mol. The van der Waals surface area contributed by atoms with Crippen molar-refractivity contribution < 1.29 is 9.21 Å². The van der Waals surface area contributed by atoms with Crippen LogP contribution in [0.25, 0.3) is 6.08 Å². The lowest BCUT2D eigenvalue weighted by molar-refractivity contribution is -0.126. The quantitative estimate of drug-likeness (QED) is 0.796. The molecule has 0 saturated carbocycles. The van der Waals surface area contributed by atoms with E-state index in [9.17, 15) is 4.79 Å². The molecule has 0 spiro atoms. The second-order valence-electron chi connectivity index (χ2n) is 5.69. The highest BCUT2D eigenvalue weighted by molar-refractivity contribution is 5.98. The Bertz CT molecular complexity index is 643. The van der Waals surface area contributed by atoms with Gasteiger partial charge in [-0.3, -0.25) is 4.79 Å². The Hall–Kier alpha value is -2.29. The Morgan fingerprint density at radius 3 is 2.77 bits per heavy atom. The Balaban J connectivity index is 1.71. The van der Waals surface area contributed by atoms with E-state index < -0.39 is 0 Å². The predicted molar refractivity (Wildman–Crippen MR) is 87.4 cm³/mol. The molecular weight excluding hydrogens is 274 g/mol. The number of amides is 1. The molecule has 1 fully saturated rings. The molecule has 0 bridgehead atoms. The molecule has 22 heavy (non-hydrogen) atoms. The van der Waals surface area contributed by atoms with Gasteiger partial charge in [0.25, 0.3) is 0 Å². The number of likely N-dealkylation sites (tertiary alicyclic amines) is 1. The molecule has 0 N–H and O–H groups in total. The van der Waals surface area contributed by atoms with Gasteiger partial charge in [0.2, 0.25) is 5.91 Å². The smallest absolute Gasteiger partial charge is 0.249 e. The maximum atomic E-state index is 12.7. The summed E-state index contributed by atoms with van der Waals surface area (Å²) in [6.07, 6.45) is 5.42. The van der Waals surface area contributed by atoms with Crippen molar-refractivity contribution in [2.75, 3.05) is 13.1 Å². The molecule has 1 atom stereocenters. The molecule has 3 nitrogen and oxygen atoms in total. The standard InChI is InChI=1S/C19H21NO2/c1-2-16(13-15-7-4-3-5-8-15)19(21)20-11-10-17(14-20)18-9-6-12-22-18/h3-9,12-13,17H,2,10-11,14H2,1H3/b16-13+. The maximum absolute atomic E-state index is 12.7. The molecule has 1 aliphatic heterocycles. The number of carbonyl (C=O) groups is 1. The van der Waals surface area contributed by atoms with E-state index in [1.165, 1.54) is 0 Å². The van der Waals surface area contributed by atoms with Crippen molar-refractivity contribution in [3.8, 4) is 0 Å². The molecule has 0 radical (unpaired) electrons. The van der Waals surface area contributed by atoms with Crippen LogP contribution in [0.5, 0.6) is 0 Å². The molecule has 1 aromatic carbocycles. The van der Waals surface area contributed by atoms with Gasteiger partial charge < -0.3 is 9.32 Å². The van der Waals surface area contributed by atoms with Crippen molar-refractivity contribution in [1.29, 1.82) is 0 Å². The van der Waals surface area contributed by atoms with Crippen LogP contribution in [-0.4, -0.2) is 23.9 Å². The van der Waals surface area contributed by atoms with E-state index in [1.54, 1.807) is 6.26 Å². The molecule has 3 rings (SSSR count). The SMILES string of the molecule is CC/C(=C\c1ccccc1)C(=O)N1CCC(c2ccco2)C1. The fraction of sp³-hybridized carbons (Fsp3) is 0.316. The molecule has 0 aliphatic carbocycles. The van der Waals surface area contributed by atoms with Gasteiger partial charge in [-0.05, 0) is 36.6 Å². The minimum absolute atomic E-state index is 0.153. The first-order chi connectivity index (χ1) is 10.8. The number of rotatable bonds is 4. The average molecular weight is 295 g/mol. The summed E-state index contributed by atoms with van der Waals surface area (Å²) in [5, 5.41) is 0. The second-order valence-corrected chi connectivity index (χ2v) is 5.69. The van der Waals surface area contributed by atoms with E-state index in [1.807, 2.05) is 60.4 Å². The minimum atomic E-state index is 0.153. The third-order valence-electron chi connectivity index (χ3n) is 4.22. The van der Waals surface area contributed by atoms with Gasteiger partial charge in [-0.2, -0.15) is 0 Å². The van der Waals surface area contributed by atoms with Crippen molar-refractivity contribution in [1.82, 2.24) is 4.90 Å². The van der Waals surface area contributed by atoms with E-state index in [0.29, 0.717) is 5.92 Å². The number of hydrogen-bond acceptors (Lipinski definition) is 2. The zero-order chi connectivity index (χ0) is 15.4. The molecular formula is C19H21NO2. The molecule has 2 aromatic rings. The topological polar surface area (TPSA) is 33.5 Å². The Morgan fingerprint density at radius 1 is 1.27 bits per heavy atom. The van der Waals surface area contributed by atoms with Gasteiger partial charge in [-0.1, -0.05) is 37.3 Å². The van der Waals surface area contributed by atoms with Crippen LogP contribution in [0.15, 0.2) is 58.7 Å². The number of hydrogen-bond donors (Lipinski definition) is 0. The van der Waals surface area contributed by atoms with Crippen LogP contribution in [0.4, 0.5) is 0 Å². The van der Waals surface area contributed by atoms with Gasteiger partial charge in [0.15, 0.2) is 0 Å². The highest BCUT2D eigenvalue weighted by Gasteiger charge is 2.29. The molecule has 1 aliphatic rings. The lowest BCUT2D eigenvalue weighted by Gasteiger charge is -2.17. The summed E-state index contributed by atoms with van der Waals surface area (Å²) in [6.45, 7) is 3.58. The average Bonchev–Trinajstić information content (AvgIpc) is 3.23. The fourth-order valence-electron chi connectivity index (χ4n) is 2.97. The second kappa shape index (κ2) is 6.65. The van der Waals surface area contributed by atoms with Gasteiger partial charge in [-0.25, -0.2) is 0 Å². The van der Waals surface area contributed by atoms with Gasteiger partial charge in [-0.15, -0.1) is 0 Å². The third kappa shape index (κ3) is 3.14. The molecule has 1 aromatic heterocycles. The van der Waals surface area contributed by atoms with Gasteiger partial charge in [0.05, 0.1) is 6.26 Å². The first-order valence-electron chi connectivity index (χ1n) is 7.86. The third-order valence-corrected chi connectivity index (χ3v) is 4.22. The zero-order valence-corrected chi connectivity index (χ0v) is 12.9. The van der Waals surface area contributed by atoms with Gasteiger partial charge >= 0.3 is 0 Å². The van der Waals surface area contributed by atoms with E-state index >= 15 is 0 Å². The minimum Gasteiger partial charge on any atom is -0.469 e. The first kappa shape index (κ1) is 14.6. The summed E-state index contributed by atoms with van der Waals surface area (Å²) in [6, 6.07) is 13.9. The van der Waals surface area contributed by atoms with Gasteiger partial charge in [0.1, 0.15) is 5.76 Å². The van der Waals surface area contributed by atoms with Crippen LogP contribution in [-0.2, 0) is 4.79 Å².